The van der Waals surface area contributed by atoms with Crippen LogP contribution in [0.5, 0.6) is 0 Å². The lowest BCUT2D eigenvalue weighted by atomic mass is 9.93. The van der Waals surface area contributed by atoms with Crippen molar-refractivity contribution < 1.29 is 19.4 Å². The number of hydrogen-bond donors (Lipinski definition) is 2. The van der Waals surface area contributed by atoms with E-state index in [9.17, 15) is 19.5 Å². The second-order valence-electron chi connectivity index (χ2n) is 12.9. The quantitative estimate of drug-likeness (QED) is 0.250. The topological polar surface area (TPSA) is 117 Å². The van der Waals surface area contributed by atoms with Gasteiger partial charge < -0.3 is 29.5 Å². The van der Waals surface area contributed by atoms with Gasteiger partial charge in [-0.25, -0.2) is 4.98 Å². The number of carbonyl (C=O) groups is 2. The van der Waals surface area contributed by atoms with Gasteiger partial charge in [0.15, 0.2) is 5.82 Å². The molecule has 4 aromatic rings. The lowest BCUT2D eigenvalue weighted by molar-refractivity contribution is 0.0146. The molecule has 0 bridgehead atoms. The lowest BCUT2D eigenvalue weighted by Gasteiger charge is -2.31. The van der Waals surface area contributed by atoms with Crippen molar-refractivity contribution in [2.75, 3.05) is 36.5 Å². The summed E-state index contributed by atoms with van der Waals surface area (Å²) in [6.45, 7) is 4.18. The van der Waals surface area contributed by atoms with Crippen LogP contribution in [0.4, 0.5) is 17.2 Å². The van der Waals surface area contributed by atoms with Crippen molar-refractivity contribution in [1.82, 2.24) is 14.5 Å². The SMILES string of the molecule is CCOC1CCN(C(=O)c2ccc(Nc3nc(-c4cccc(N5CCc6cc(C7CC7)ccc6C5=O)c4CO)cn(C)c3=O)cc2)CC1. The highest BCUT2D eigenvalue weighted by atomic mass is 16.5. The van der Waals surface area contributed by atoms with Crippen LogP contribution < -0.4 is 15.8 Å². The molecular weight excluding hydrogens is 606 g/mol. The molecule has 7 rings (SSSR count). The molecule has 3 aliphatic rings. The number of ether oxygens (including phenoxy) is 1. The van der Waals surface area contributed by atoms with Crippen molar-refractivity contribution in [3.8, 4) is 11.3 Å². The van der Waals surface area contributed by atoms with E-state index in [1.165, 1.54) is 23.0 Å². The normalized spacial score (nSPS) is 16.6. The van der Waals surface area contributed by atoms with Crippen LogP contribution >= 0.6 is 0 Å². The summed E-state index contributed by atoms with van der Waals surface area (Å²) in [5.74, 6) is 0.620. The Morgan fingerprint density at radius 3 is 2.46 bits per heavy atom. The number of aromatic nitrogens is 2. The number of likely N-dealkylation sites (tertiary alicyclic amines) is 1. The largest absolute Gasteiger partial charge is 0.392 e. The van der Waals surface area contributed by atoms with Crippen molar-refractivity contribution in [3.05, 3.63) is 105 Å². The molecule has 2 aliphatic heterocycles. The maximum absolute atomic E-state index is 13.7. The first-order chi connectivity index (χ1) is 23.3. The number of amides is 2. The number of piperidine rings is 1. The van der Waals surface area contributed by atoms with E-state index in [4.69, 9.17) is 4.74 Å². The van der Waals surface area contributed by atoms with Gasteiger partial charge in [-0.15, -0.1) is 0 Å². The Bertz CT molecular complexity index is 1910. The third-order valence-electron chi connectivity index (χ3n) is 9.73. The van der Waals surface area contributed by atoms with E-state index in [1.807, 2.05) is 36.1 Å². The van der Waals surface area contributed by atoms with E-state index < -0.39 is 0 Å². The third kappa shape index (κ3) is 6.25. The van der Waals surface area contributed by atoms with Gasteiger partial charge in [-0.2, -0.15) is 0 Å². The van der Waals surface area contributed by atoms with Gasteiger partial charge >= 0.3 is 0 Å². The van der Waals surface area contributed by atoms with Gasteiger partial charge in [0.2, 0.25) is 0 Å². The molecule has 0 atom stereocenters. The molecule has 248 valence electrons. The Hall–Kier alpha value is -4.80. The number of nitrogens with zero attached hydrogens (tertiary/aromatic N) is 4. The predicted molar refractivity (Wildman–Crippen MR) is 185 cm³/mol. The third-order valence-corrected chi connectivity index (χ3v) is 9.73. The first-order valence-corrected chi connectivity index (χ1v) is 16.9. The summed E-state index contributed by atoms with van der Waals surface area (Å²) in [6.07, 6.45) is 6.66. The molecule has 10 heteroatoms. The highest BCUT2D eigenvalue weighted by molar-refractivity contribution is 6.09. The summed E-state index contributed by atoms with van der Waals surface area (Å²) >= 11 is 0. The van der Waals surface area contributed by atoms with Gasteiger partial charge in [0.05, 0.1) is 24.1 Å². The van der Waals surface area contributed by atoms with Crippen LogP contribution in [0.15, 0.2) is 71.7 Å². The summed E-state index contributed by atoms with van der Waals surface area (Å²) in [7, 11) is 1.65. The van der Waals surface area contributed by atoms with E-state index in [0.29, 0.717) is 71.5 Å². The van der Waals surface area contributed by atoms with Crippen LogP contribution in [0.3, 0.4) is 0 Å². The Labute approximate surface area is 280 Å². The smallest absolute Gasteiger partial charge is 0.293 e. The lowest BCUT2D eigenvalue weighted by Crippen LogP contribution is -2.40. The van der Waals surface area contributed by atoms with Crippen LogP contribution in [0.1, 0.15) is 75.9 Å². The van der Waals surface area contributed by atoms with Crippen molar-refractivity contribution in [1.29, 1.82) is 0 Å². The molecule has 1 aromatic heterocycles. The van der Waals surface area contributed by atoms with E-state index in [-0.39, 0.29) is 35.9 Å². The zero-order chi connectivity index (χ0) is 33.4. The number of carbonyl (C=O) groups excluding carboxylic acids is 2. The highest BCUT2D eigenvalue weighted by Crippen LogP contribution is 2.41. The summed E-state index contributed by atoms with van der Waals surface area (Å²) in [6, 6.07) is 18.8. The molecule has 10 nitrogen and oxygen atoms in total. The second-order valence-corrected chi connectivity index (χ2v) is 12.9. The maximum atomic E-state index is 13.7. The highest BCUT2D eigenvalue weighted by Gasteiger charge is 2.31. The first kappa shape index (κ1) is 31.8. The molecule has 48 heavy (non-hydrogen) atoms. The van der Waals surface area contributed by atoms with Gasteiger partial charge in [-0.1, -0.05) is 24.3 Å². The van der Waals surface area contributed by atoms with Crippen LogP contribution in [0, 0.1) is 0 Å². The second kappa shape index (κ2) is 13.4. The average molecular weight is 648 g/mol. The van der Waals surface area contributed by atoms with Crippen molar-refractivity contribution in [3.63, 3.8) is 0 Å². The monoisotopic (exact) mass is 647 g/mol. The standard InChI is InChI=1S/C38H41N5O5/c1-3-48-29-16-18-42(19-17-29)36(45)25-9-12-28(13-10-25)39-35-38(47)41(2)22-33(40-35)31-5-4-6-34(32(31)23-44)43-20-15-27-21-26(24-7-8-24)11-14-30(27)37(43)46/h4-6,9-14,21-22,24,29,44H,3,7-8,15-20,23H2,1-2H3,(H,39,40). The summed E-state index contributed by atoms with van der Waals surface area (Å²) in [4.78, 5) is 48.3. The molecule has 2 fully saturated rings. The number of nitrogens with one attached hydrogen (secondary N) is 1. The van der Waals surface area contributed by atoms with Crippen molar-refractivity contribution in [2.24, 2.45) is 7.05 Å². The fraction of sp³-hybridized carbons (Fsp3) is 0.368. The summed E-state index contributed by atoms with van der Waals surface area (Å²) in [5, 5.41) is 13.7. The van der Waals surface area contributed by atoms with Crippen LogP contribution in [0.25, 0.3) is 11.3 Å². The van der Waals surface area contributed by atoms with E-state index in [1.54, 1.807) is 42.4 Å². The average Bonchev–Trinajstić information content (AvgIpc) is 3.96. The molecule has 3 heterocycles. The molecule has 1 aliphatic carbocycles. The zero-order valence-electron chi connectivity index (χ0n) is 27.4. The molecule has 2 amide bonds. The number of aliphatic hydroxyl groups is 1. The number of aliphatic hydroxyl groups excluding tert-OH is 1. The molecule has 1 saturated carbocycles. The minimum Gasteiger partial charge on any atom is -0.392 e. The number of benzene rings is 3. The fourth-order valence-electron chi connectivity index (χ4n) is 6.94. The Morgan fingerprint density at radius 2 is 1.75 bits per heavy atom. The molecule has 2 N–H and O–H groups in total. The Kier molecular flexibility index (Phi) is 8.85. The Morgan fingerprint density at radius 1 is 0.979 bits per heavy atom. The minimum atomic E-state index is -0.328. The summed E-state index contributed by atoms with van der Waals surface area (Å²) < 4.78 is 7.16. The molecule has 3 aromatic carbocycles. The number of rotatable bonds is 9. The minimum absolute atomic E-state index is 0.0253. The van der Waals surface area contributed by atoms with Gasteiger partial charge in [0.1, 0.15) is 0 Å². The molecule has 0 unspecified atom stereocenters. The van der Waals surface area contributed by atoms with Crippen LogP contribution in [-0.2, 0) is 24.8 Å². The van der Waals surface area contributed by atoms with Gasteiger partial charge in [0.25, 0.3) is 17.4 Å². The predicted octanol–water partition coefficient (Wildman–Crippen LogP) is 5.40. The number of hydrogen-bond acceptors (Lipinski definition) is 7. The molecule has 0 spiro atoms. The number of aryl methyl sites for hydroxylation is 1. The van der Waals surface area contributed by atoms with E-state index >= 15 is 0 Å². The first-order valence-electron chi connectivity index (χ1n) is 16.9. The zero-order valence-corrected chi connectivity index (χ0v) is 27.4. The molecule has 1 saturated heterocycles. The molecular formula is C38H41N5O5. The van der Waals surface area contributed by atoms with Gasteiger partial charge in [-0.3, -0.25) is 14.4 Å². The van der Waals surface area contributed by atoms with Crippen LogP contribution in [-0.4, -0.2) is 63.7 Å². The van der Waals surface area contributed by atoms with Crippen LogP contribution in [0.2, 0.25) is 0 Å². The number of anilines is 3. The molecule has 0 radical (unpaired) electrons. The maximum Gasteiger partial charge on any atom is 0.293 e. The van der Waals surface area contributed by atoms with Gasteiger partial charge in [0, 0.05) is 67.4 Å². The van der Waals surface area contributed by atoms with Gasteiger partial charge in [-0.05, 0) is 92.5 Å². The fourth-order valence-corrected chi connectivity index (χ4v) is 6.94. The Balaban J connectivity index is 1.11. The van der Waals surface area contributed by atoms with E-state index in [0.717, 1.165) is 24.8 Å². The number of fused-ring (bicyclic) bond motifs is 1. The van der Waals surface area contributed by atoms with Crippen molar-refractivity contribution in [2.45, 2.75) is 57.7 Å². The van der Waals surface area contributed by atoms with E-state index in [2.05, 4.69) is 22.4 Å². The van der Waals surface area contributed by atoms with Crippen molar-refractivity contribution >= 4 is 29.0 Å². The summed E-state index contributed by atoms with van der Waals surface area (Å²) in [5.41, 5.74) is 6.26.